The molecule has 0 N–H and O–H groups in total. The second-order valence-electron chi connectivity index (χ2n) is 4.21. The monoisotopic (exact) mass is 235 g/mol. The summed E-state index contributed by atoms with van der Waals surface area (Å²) in [7, 11) is 1.61. The standard InChI is InChI=1S/C13H17NO3/c1-9(2)12(14(15)16)8-11-5-6-13(17-4)10(3)7-11/h5-9H,1-4H3/b12-8-. The highest BCUT2D eigenvalue weighted by atomic mass is 16.6. The number of benzene rings is 1. The number of hydrogen-bond donors (Lipinski definition) is 0. The third-order valence-electron chi connectivity index (χ3n) is 2.54. The fraction of sp³-hybridized carbons (Fsp3) is 0.385. The lowest BCUT2D eigenvalue weighted by Crippen LogP contribution is -2.05. The molecule has 0 aromatic heterocycles. The molecule has 0 bridgehead atoms. The second-order valence-corrected chi connectivity index (χ2v) is 4.21. The van der Waals surface area contributed by atoms with Gasteiger partial charge >= 0.3 is 0 Å². The van der Waals surface area contributed by atoms with Crippen LogP contribution in [0.15, 0.2) is 23.9 Å². The molecule has 4 heteroatoms. The van der Waals surface area contributed by atoms with E-state index in [0.29, 0.717) is 0 Å². The Morgan fingerprint density at radius 3 is 2.53 bits per heavy atom. The van der Waals surface area contributed by atoms with Crippen LogP contribution in [0.4, 0.5) is 0 Å². The van der Waals surface area contributed by atoms with E-state index in [2.05, 4.69) is 0 Å². The Bertz CT molecular complexity index is 450. The van der Waals surface area contributed by atoms with Gasteiger partial charge in [-0.05, 0) is 30.2 Å². The van der Waals surface area contributed by atoms with Crippen molar-refractivity contribution in [3.05, 3.63) is 45.1 Å². The number of hydrogen-bond acceptors (Lipinski definition) is 3. The van der Waals surface area contributed by atoms with Gasteiger partial charge < -0.3 is 4.74 Å². The highest BCUT2D eigenvalue weighted by molar-refractivity contribution is 5.54. The molecule has 0 heterocycles. The summed E-state index contributed by atoms with van der Waals surface area (Å²) in [6, 6.07) is 5.52. The van der Waals surface area contributed by atoms with E-state index in [-0.39, 0.29) is 16.5 Å². The van der Waals surface area contributed by atoms with Crippen molar-refractivity contribution in [1.29, 1.82) is 0 Å². The lowest BCUT2D eigenvalue weighted by Gasteiger charge is -2.06. The minimum absolute atomic E-state index is 0.104. The van der Waals surface area contributed by atoms with Crippen LogP contribution < -0.4 is 4.74 Å². The second kappa shape index (κ2) is 5.48. The number of methoxy groups -OCH3 is 1. The van der Waals surface area contributed by atoms with Crippen LogP contribution in [-0.2, 0) is 0 Å². The van der Waals surface area contributed by atoms with Crippen LogP contribution in [0.25, 0.3) is 6.08 Å². The van der Waals surface area contributed by atoms with Crippen molar-refractivity contribution in [2.45, 2.75) is 20.8 Å². The maximum atomic E-state index is 10.9. The summed E-state index contributed by atoms with van der Waals surface area (Å²) in [4.78, 5) is 10.5. The number of nitrogens with zero attached hydrogens (tertiary/aromatic N) is 1. The molecule has 0 spiro atoms. The zero-order valence-corrected chi connectivity index (χ0v) is 10.6. The zero-order valence-electron chi connectivity index (χ0n) is 10.6. The minimum Gasteiger partial charge on any atom is -0.496 e. The van der Waals surface area contributed by atoms with Gasteiger partial charge in [0.15, 0.2) is 0 Å². The highest BCUT2D eigenvalue weighted by Crippen LogP contribution is 2.21. The summed E-state index contributed by atoms with van der Waals surface area (Å²) in [5.41, 5.74) is 2.01. The van der Waals surface area contributed by atoms with Crippen molar-refractivity contribution in [2.75, 3.05) is 7.11 Å². The Kier molecular flexibility index (Phi) is 4.26. The van der Waals surface area contributed by atoms with Crippen molar-refractivity contribution in [3.63, 3.8) is 0 Å². The zero-order chi connectivity index (χ0) is 13.0. The van der Waals surface area contributed by atoms with Gasteiger partial charge in [0.25, 0.3) is 0 Å². The first-order valence-corrected chi connectivity index (χ1v) is 5.46. The largest absolute Gasteiger partial charge is 0.496 e. The van der Waals surface area contributed by atoms with Gasteiger partial charge in [-0.1, -0.05) is 19.9 Å². The summed E-state index contributed by atoms with van der Waals surface area (Å²) >= 11 is 0. The molecule has 0 unspecified atom stereocenters. The number of rotatable bonds is 4. The summed E-state index contributed by atoms with van der Waals surface area (Å²) in [5.74, 6) is 0.682. The normalized spacial score (nSPS) is 11.7. The van der Waals surface area contributed by atoms with E-state index in [9.17, 15) is 10.1 Å². The molecule has 0 fully saturated rings. The van der Waals surface area contributed by atoms with E-state index in [4.69, 9.17) is 4.74 Å². The Balaban J connectivity index is 3.12. The van der Waals surface area contributed by atoms with Gasteiger partial charge in [0.1, 0.15) is 5.75 Å². The van der Waals surface area contributed by atoms with Crippen molar-refractivity contribution in [3.8, 4) is 5.75 Å². The maximum absolute atomic E-state index is 10.9. The molecule has 0 saturated heterocycles. The lowest BCUT2D eigenvalue weighted by atomic mass is 10.1. The van der Waals surface area contributed by atoms with E-state index >= 15 is 0 Å². The van der Waals surface area contributed by atoms with Gasteiger partial charge in [0.2, 0.25) is 5.70 Å². The molecule has 1 aromatic carbocycles. The predicted molar refractivity (Wildman–Crippen MR) is 67.5 cm³/mol. The number of allylic oxidation sites excluding steroid dienone is 1. The molecule has 1 rings (SSSR count). The first-order valence-electron chi connectivity index (χ1n) is 5.46. The van der Waals surface area contributed by atoms with Crippen LogP contribution in [0.5, 0.6) is 5.75 Å². The molecule has 92 valence electrons. The summed E-state index contributed by atoms with van der Waals surface area (Å²) in [6.07, 6.45) is 1.61. The molecule has 0 amide bonds. The number of ether oxygens (including phenoxy) is 1. The first kappa shape index (κ1) is 13.2. The predicted octanol–water partition coefficient (Wildman–Crippen LogP) is 3.28. The van der Waals surface area contributed by atoms with Crippen molar-refractivity contribution in [2.24, 2.45) is 5.92 Å². The molecule has 0 saturated carbocycles. The topological polar surface area (TPSA) is 52.4 Å². The van der Waals surface area contributed by atoms with Crippen molar-refractivity contribution in [1.82, 2.24) is 0 Å². The SMILES string of the molecule is COc1ccc(/C=C(/C(C)C)[N+](=O)[O-])cc1C. The van der Waals surface area contributed by atoms with E-state index < -0.39 is 0 Å². The van der Waals surface area contributed by atoms with E-state index in [1.165, 1.54) is 0 Å². The summed E-state index contributed by atoms with van der Waals surface area (Å²) < 4.78 is 5.15. The average molecular weight is 235 g/mol. The average Bonchev–Trinajstić information content (AvgIpc) is 2.25. The van der Waals surface area contributed by atoms with Crippen LogP contribution in [-0.4, -0.2) is 12.0 Å². The van der Waals surface area contributed by atoms with E-state index in [1.807, 2.05) is 39.0 Å². The molecule has 1 aromatic rings. The molecule has 0 radical (unpaired) electrons. The highest BCUT2D eigenvalue weighted by Gasteiger charge is 2.15. The Morgan fingerprint density at radius 2 is 2.12 bits per heavy atom. The Morgan fingerprint density at radius 1 is 1.47 bits per heavy atom. The molecule has 0 atom stereocenters. The van der Waals surface area contributed by atoms with Crippen LogP contribution >= 0.6 is 0 Å². The van der Waals surface area contributed by atoms with Crippen LogP contribution in [0.1, 0.15) is 25.0 Å². The van der Waals surface area contributed by atoms with E-state index in [0.717, 1.165) is 16.9 Å². The fourth-order valence-electron chi connectivity index (χ4n) is 1.59. The molecular formula is C13H17NO3. The number of aryl methyl sites for hydroxylation is 1. The van der Waals surface area contributed by atoms with Crippen molar-refractivity contribution < 1.29 is 9.66 Å². The molecule has 4 nitrogen and oxygen atoms in total. The lowest BCUT2D eigenvalue weighted by molar-refractivity contribution is -0.431. The smallest absolute Gasteiger partial charge is 0.249 e. The van der Waals surface area contributed by atoms with Gasteiger partial charge in [-0.15, -0.1) is 0 Å². The van der Waals surface area contributed by atoms with Gasteiger partial charge in [-0.2, -0.15) is 0 Å². The Labute approximate surface area is 101 Å². The number of nitro groups is 1. The molecule has 0 aliphatic rings. The first-order chi connectivity index (χ1) is 7.95. The third-order valence-corrected chi connectivity index (χ3v) is 2.54. The van der Waals surface area contributed by atoms with Gasteiger partial charge in [-0.25, -0.2) is 0 Å². The van der Waals surface area contributed by atoms with Crippen molar-refractivity contribution >= 4 is 6.08 Å². The van der Waals surface area contributed by atoms with Crippen LogP contribution in [0.3, 0.4) is 0 Å². The Hall–Kier alpha value is -1.84. The summed E-state index contributed by atoms with van der Waals surface area (Å²) in [5, 5.41) is 10.9. The van der Waals surface area contributed by atoms with E-state index in [1.54, 1.807) is 13.2 Å². The quantitative estimate of drug-likeness (QED) is 0.594. The van der Waals surface area contributed by atoms with Crippen LogP contribution in [0, 0.1) is 23.0 Å². The summed E-state index contributed by atoms with van der Waals surface area (Å²) in [6.45, 7) is 5.54. The maximum Gasteiger partial charge on any atom is 0.249 e. The van der Waals surface area contributed by atoms with Gasteiger partial charge in [0, 0.05) is 12.0 Å². The minimum atomic E-state index is -0.329. The van der Waals surface area contributed by atoms with Gasteiger partial charge in [0.05, 0.1) is 12.0 Å². The van der Waals surface area contributed by atoms with Crippen LogP contribution in [0.2, 0.25) is 0 Å². The fourth-order valence-corrected chi connectivity index (χ4v) is 1.59. The molecular weight excluding hydrogens is 218 g/mol. The van der Waals surface area contributed by atoms with Gasteiger partial charge in [-0.3, -0.25) is 10.1 Å². The third kappa shape index (κ3) is 3.31. The molecule has 17 heavy (non-hydrogen) atoms. The molecule has 0 aliphatic carbocycles. The molecule has 0 aliphatic heterocycles.